The number of carbonyl (C=O) groups is 1. The summed E-state index contributed by atoms with van der Waals surface area (Å²) in [5.74, 6) is -1.02. The van der Waals surface area contributed by atoms with Crippen LogP contribution < -0.4 is 0 Å². The highest BCUT2D eigenvalue weighted by Gasteiger charge is 2.10. The van der Waals surface area contributed by atoms with Crippen molar-refractivity contribution in [3.63, 3.8) is 0 Å². The molecule has 0 fully saturated rings. The zero-order valence-corrected chi connectivity index (χ0v) is 8.50. The van der Waals surface area contributed by atoms with Crippen molar-refractivity contribution in [2.75, 3.05) is 18.6 Å². The molecule has 0 bridgehead atoms. The summed E-state index contributed by atoms with van der Waals surface area (Å²) in [7, 11) is -2.97. The third kappa shape index (κ3) is 7.73. The predicted octanol–water partition coefficient (Wildman–Crippen LogP) is -0.0892. The van der Waals surface area contributed by atoms with Crippen LogP contribution in [0, 0.1) is 0 Å². The van der Waals surface area contributed by atoms with Gasteiger partial charge < -0.3 is 9.84 Å². The molecule has 0 aliphatic rings. The molecule has 0 saturated carbocycles. The predicted molar refractivity (Wildman–Crippen MR) is 47.4 cm³/mol. The maximum atomic E-state index is 10.6. The van der Waals surface area contributed by atoms with Gasteiger partial charge in [-0.15, -0.1) is 0 Å². The van der Waals surface area contributed by atoms with Gasteiger partial charge in [-0.25, -0.2) is 13.2 Å². The van der Waals surface area contributed by atoms with E-state index in [2.05, 4.69) is 0 Å². The molecule has 0 aromatic carbocycles. The molecule has 0 aromatic rings. The number of carboxylic acid groups (broad SMARTS) is 1. The lowest BCUT2D eigenvalue weighted by atomic mass is 10.4. The Balaban J connectivity index is 3.53. The van der Waals surface area contributed by atoms with E-state index in [-0.39, 0.29) is 12.4 Å². The Hall–Kier alpha value is -0.620. The number of rotatable bonds is 6. The highest BCUT2D eigenvalue weighted by atomic mass is 32.2. The van der Waals surface area contributed by atoms with Gasteiger partial charge in [0.25, 0.3) is 0 Å². The molecule has 5 nitrogen and oxygen atoms in total. The average Bonchev–Trinajstić information content (AvgIpc) is 1.95. The topological polar surface area (TPSA) is 80.7 Å². The second kappa shape index (κ2) is 5.18. The van der Waals surface area contributed by atoms with Crippen molar-refractivity contribution < 1.29 is 23.1 Å². The van der Waals surface area contributed by atoms with E-state index in [1.54, 1.807) is 0 Å². The maximum Gasteiger partial charge on any atom is 0.332 e. The SMILES string of the molecule is CC(OCCCS(C)(=O)=O)C(=O)O. The molecular weight excluding hydrogens is 196 g/mol. The van der Waals surface area contributed by atoms with Crippen LogP contribution in [0.1, 0.15) is 13.3 Å². The van der Waals surface area contributed by atoms with Crippen molar-refractivity contribution >= 4 is 15.8 Å². The molecule has 0 aliphatic carbocycles. The summed E-state index contributed by atoms with van der Waals surface area (Å²) >= 11 is 0. The fourth-order valence-electron chi connectivity index (χ4n) is 0.653. The molecule has 0 amide bonds. The molecule has 0 heterocycles. The van der Waals surface area contributed by atoms with Crippen LogP contribution in [0.2, 0.25) is 0 Å². The van der Waals surface area contributed by atoms with Crippen molar-refractivity contribution in [1.29, 1.82) is 0 Å². The van der Waals surface area contributed by atoms with Crippen molar-refractivity contribution in [3.05, 3.63) is 0 Å². The van der Waals surface area contributed by atoms with Gasteiger partial charge in [0.2, 0.25) is 0 Å². The number of carboxylic acids is 1. The van der Waals surface area contributed by atoms with Gasteiger partial charge in [-0.3, -0.25) is 0 Å². The van der Waals surface area contributed by atoms with Gasteiger partial charge in [0.15, 0.2) is 6.10 Å². The largest absolute Gasteiger partial charge is 0.479 e. The monoisotopic (exact) mass is 210 g/mol. The van der Waals surface area contributed by atoms with Crippen LogP contribution >= 0.6 is 0 Å². The second-order valence-corrected chi connectivity index (χ2v) is 5.09. The van der Waals surface area contributed by atoms with Crippen molar-refractivity contribution in [2.24, 2.45) is 0 Å². The van der Waals surface area contributed by atoms with Gasteiger partial charge in [0.1, 0.15) is 9.84 Å². The third-order valence-corrected chi connectivity index (χ3v) is 2.41. The number of sulfone groups is 1. The first-order valence-electron chi connectivity index (χ1n) is 3.85. The molecule has 0 aromatic heterocycles. The van der Waals surface area contributed by atoms with Crippen LogP contribution in [0.15, 0.2) is 0 Å². The van der Waals surface area contributed by atoms with Gasteiger partial charge in [-0.1, -0.05) is 0 Å². The molecule has 13 heavy (non-hydrogen) atoms. The zero-order chi connectivity index (χ0) is 10.5. The Morgan fingerprint density at radius 1 is 1.54 bits per heavy atom. The first-order chi connectivity index (χ1) is 5.83. The van der Waals surface area contributed by atoms with Gasteiger partial charge in [-0.2, -0.15) is 0 Å². The molecule has 1 unspecified atom stereocenters. The van der Waals surface area contributed by atoms with Gasteiger partial charge in [-0.05, 0) is 13.3 Å². The summed E-state index contributed by atoms with van der Waals surface area (Å²) in [6, 6.07) is 0. The molecule has 0 radical (unpaired) electrons. The van der Waals surface area contributed by atoms with E-state index in [1.165, 1.54) is 6.92 Å². The minimum absolute atomic E-state index is 0.0271. The van der Waals surface area contributed by atoms with Gasteiger partial charge in [0.05, 0.1) is 5.75 Å². The number of hydrogen-bond acceptors (Lipinski definition) is 4. The van der Waals surface area contributed by atoms with E-state index in [4.69, 9.17) is 9.84 Å². The first kappa shape index (κ1) is 12.4. The Morgan fingerprint density at radius 2 is 2.08 bits per heavy atom. The van der Waals surface area contributed by atoms with E-state index in [1.807, 2.05) is 0 Å². The van der Waals surface area contributed by atoms with E-state index < -0.39 is 21.9 Å². The van der Waals surface area contributed by atoms with Crippen LogP contribution in [-0.4, -0.2) is 44.2 Å². The molecule has 0 saturated heterocycles. The molecule has 1 N–H and O–H groups in total. The summed E-state index contributed by atoms with van der Waals surface area (Å²) < 4.78 is 26.1. The van der Waals surface area contributed by atoms with E-state index in [9.17, 15) is 13.2 Å². The minimum Gasteiger partial charge on any atom is -0.479 e. The van der Waals surface area contributed by atoms with Crippen molar-refractivity contribution in [1.82, 2.24) is 0 Å². The van der Waals surface area contributed by atoms with Crippen LogP contribution in [0.25, 0.3) is 0 Å². The second-order valence-electron chi connectivity index (χ2n) is 2.83. The minimum atomic E-state index is -2.97. The normalized spacial score (nSPS) is 14.0. The number of ether oxygens (including phenoxy) is 1. The molecule has 78 valence electrons. The highest BCUT2D eigenvalue weighted by molar-refractivity contribution is 7.90. The summed E-state index contributed by atoms with van der Waals surface area (Å²) in [5.41, 5.74) is 0. The fourth-order valence-corrected chi connectivity index (χ4v) is 1.29. The smallest absolute Gasteiger partial charge is 0.332 e. The van der Waals surface area contributed by atoms with Crippen LogP contribution in [-0.2, 0) is 19.4 Å². The first-order valence-corrected chi connectivity index (χ1v) is 5.91. The van der Waals surface area contributed by atoms with Crippen molar-refractivity contribution in [2.45, 2.75) is 19.4 Å². The lowest BCUT2D eigenvalue weighted by molar-refractivity contribution is -0.149. The Bertz CT molecular complexity index is 256. The summed E-state index contributed by atoms with van der Waals surface area (Å²) in [5, 5.41) is 8.40. The Morgan fingerprint density at radius 3 is 2.46 bits per heavy atom. The standard InChI is InChI=1S/C7H14O5S/c1-6(7(8)9)12-4-3-5-13(2,10)11/h6H,3-5H2,1-2H3,(H,8,9). The zero-order valence-electron chi connectivity index (χ0n) is 7.69. The highest BCUT2D eigenvalue weighted by Crippen LogP contribution is 1.94. The van der Waals surface area contributed by atoms with Gasteiger partial charge in [0, 0.05) is 12.9 Å². The van der Waals surface area contributed by atoms with Crippen LogP contribution in [0.5, 0.6) is 0 Å². The molecule has 1 atom stereocenters. The quantitative estimate of drug-likeness (QED) is 0.620. The average molecular weight is 210 g/mol. The molecule has 0 rings (SSSR count). The third-order valence-electron chi connectivity index (χ3n) is 1.38. The lowest BCUT2D eigenvalue weighted by Crippen LogP contribution is -2.21. The number of aliphatic carboxylic acids is 1. The van der Waals surface area contributed by atoms with E-state index >= 15 is 0 Å². The molecular formula is C7H14O5S. The van der Waals surface area contributed by atoms with Crippen LogP contribution in [0.4, 0.5) is 0 Å². The van der Waals surface area contributed by atoms with Crippen LogP contribution in [0.3, 0.4) is 0 Å². The number of hydrogen-bond donors (Lipinski definition) is 1. The maximum absolute atomic E-state index is 10.6. The lowest BCUT2D eigenvalue weighted by Gasteiger charge is -2.07. The van der Waals surface area contributed by atoms with E-state index in [0.29, 0.717) is 6.42 Å². The fraction of sp³-hybridized carbons (Fsp3) is 0.857. The summed E-state index contributed by atoms with van der Waals surface area (Å²) in [6.45, 7) is 1.56. The summed E-state index contributed by atoms with van der Waals surface area (Å²) in [4.78, 5) is 10.2. The molecule has 0 aliphatic heterocycles. The van der Waals surface area contributed by atoms with E-state index in [0.717, 1.165) is 6.26 Å². The molecule has 6 heteroatoms. The summed E-state index contributed by atoms with van der Waals surface area (Å²) in [6.07, 6.45) is 0.587. The van der Waals surface area contributed by atoms with Crippen molar-refractivity contribution in [3.8, 4) is 0 Å². The Kier molecular flexibility index (Phi) is 4.94. The Labute approximate surface area is 77.6 Å². The van der Waals surface area contributed by atoms with Gasteiger partial charge >= 0.3 is 5.97 Å². The molecule has 0 spiro atoms.